The average molecular weight is 341 g/mol. The summed E-state index contributed by atoms with van der Waals surface area (Å²) in [5.41, 5.74) is 2.24. The molecular weight excluding hydrogens is 318 g/mol. The number of oxazole rings is 1. The van der Waals surface area contributed by atoms with Crippen LogP contribution in [0.4, 0.5) is 11.5 Å². The predicted molar refractivity (Wildman–Crippen MR) is 98.4 cm³/mol. The molecule has 1 aromatic carbocycles. The van der Waals surface area contributed by atoms with Crippen molar-refractivity contribution in [2.75, 3.05) is 30.9 Å². The molecular formula is C18H23N5O2. The topological polar surface area (TPSA) is 76.3 Å². The summed E-state index contributed by atoms with van der Waals surface area (Å²) in [6, 6.07) is 8.01. The minimum absolute atomic E-state index is 0.0456. The summed E-state index contributed by atoms with van der Waals surface area (Å²) >= 11 is 0. The first-order valence-electron chi connectivity index (χ1n) is 8.22. The summed E-state index contributed by atoms with van der Waals surface area (Å²) in [5.74, 6) is 2.71. The molecule has 0 spiro atoms. The molecule has 3 rings (SSSR count). The van der Waals surface area contributed by atoms with Crippen molar-refractivity contribution < 1.29 is 9.15 Å². The molecule has 1 unspecified atom stereocenters. The van der Waals surface area contributed by atoms with Gasteiger partial charge in [-0.1, -0.05) is 6.07 Å². The Morgan fingerprint density at radius 3 is 2.76 bits per heavy atom. The molecule has 1 N–H and O–H groups in total. The van der Waals surface area contributed by atoms with Gasteiger partial charge in [-0.2, -0.15) is 4.98 Å². The van der Waals surface area contributed by atoms with Gasteiger partial charge in [0.15, 0.2) is 17.2 Å². The molecule has 7 heteroatoms. The van der Waals surface area contributed by atoms with Crippen LogP contribution in [0.15, 0.2) is 28.7 Å². The zero-order valence-electron chi connectivity index (χ0n) is 15.2. The number of rotatable bonds is 6. The standard InChI is InChI=1S/C18H23N5O2/c1-11(24-15-8-6-7-14(9-15)23(4)5)10-19-17-16-18(21-12(2)20-17)25-13(3)22-16/h6-9,11H,10H2,1-5H3,(H,19,20,21). The van der Waals surface area contributed by atoms with Crippen molar-refractivity contribution in [3.63, 3.8) is 0 Å². The molecule has 7 nitrogen and oxygen atoms in total. The van der Waals surface area contributed by atoms with E-state index in [-0.39, 0.29) is 6.10 Å². The molecule has 0 radical (unpaired) electrons. The first kappa shape index (κ1) is 17.0. The number of fused-ring (bicyclic) bond motifs is 1. The zero-order chi connectivity index (χ0) is 18.0. The van der Waals surface area contributed by atoms with Gasteiger partial charge in [-0.3, -0.25) is 0 Å². The summed E-state index contributed by atoms with van der Waals surface area (Å²) in [7, 11) is 4.01. The second-order valence-corrected chi connectivity index (χ2v) is 6.21. The number of anilines is 2. The van der Waals surface area contributed by atoms with E-state index in [4.69, 9.17) is 9.15 Å². The van der Waals surface area contributed by atoms with Crippen molar-refractivity contribution in [2.45, 2.75) is 26.9 Å². The number of hydrogen-bond donors (Lipinski definition) is 1. The van der Waals surface area contributed by atoms with Crippen molar-refractivity contribution in [3.8, 4) is 5.75 Å². The van der Waals surface area contributed by atoms with Gasteiger partial charge in [0.05, 0.1) is 6.54 Å². The van der Waals surface area contributed by atoms with Crippen LogP contribution in [0.1, 0.15) is 18.6 Å². The van der Waals surface area contributed by atoms with Crippen molar-refractivity contribution in [1.29, 1.82) is 0 Å². The molecule has 2 heterocycles. The lowest BCUT2D eigenvalue weighted by molar-refractivity contribution is 0.235. The maximum absolute atomic E-state index is 6.00. The second-order valence-electron chi connectivity index (χ2n) is 6.21. The number of nitrogens with one attached hydrogen (secondary N) is 1. The number of nitrogens with zero attached hydrogens (tertiary/aromatic N) is 4. The summed E-state index contributed by atoms with van der Waals surface area (Å²) in [5, 5.41) is 3.29. The smallest absolute Gasteiger partial charge is 0.252 e. The van der Waals surface area contributed by atoms with Crippen molar-refractivity contribution in [1.82, 2.24) is 15.0 Å². The normalized spacial score (nSPS) is 12.2. The third kappa shape index (κ3) is 3.99. The van der Waals surface area contributed by atoms with Gasteiger partial charge < -0.3 is 19.4 Å². The predicted octanol–water partition coefficient (Wildman–Crippen LogP) is 3.18. The van der Waals surface area contributed by atoms with Gasteiger partial charge >= 0.3 is 0 Å². The van der Waals surface area contributed by atoms with Crippen LogP contribution in [0, 0.1) is 13.8 Å². The molecule has 0 aliphatic carbocycles. The SMILES string of the molecule is Cc1nc(NCC(C)Oc2cccc(N(C)C)c2)c2nc(C)oc2n1. The van der Waals surface area contributed by atoms with Crippen molar-refractivity contribution >= 4 is 22.7 Å². The maximum Gasteiger partial charge on any atom is 0.252 e. The van der Waals surface area contributed by atoms with Crippen LogP contribution in [0.2, 0.25) is 0 Å². The monoisotopic (exact) mass is 341 g/mol. The van der Waals surface area contributed by atoms with Gasteiger partial charge in [0.1, 0.15) is 17.7 Å². The van der Waals surface area contributed by atoms with Crippen LogP contribution in [-0.2, 0) is 0 Å². The lowest BCUT2D eigenvalue weighted by atomic mass is 10.3. The number of ether oxygens (including phenoxy) is 1. The van der Waals surface area contributed by atoms with Crippen molar-refractivity contribution in [2.24, 2.45) is 0 Å². The molecule has 0 aliphatic rings. The van der Waals surface area contributed by atoms with Crippen molar-refractivity contribution in [3.05, 3.63) is 36.0 Å². The Labute approximate surface area is 147 Å². The number of aromatic nitrogens is 3. The number of aryl methyl sites for hydroxylation is 2. The van der Waals surface area contributed by atoms with Gasteiger partial charge in [0, 0.05) is 32.8 Å². The lowest BCUT2D eigenvalue weighted by Gasteiger charge is -2.18. The molecule has 0 saturated carbocycles. The molecule has 0 amide bonds. The van der Waals surface area contributed by atoms with Gasteiger partial charge in [0.25, 0.3) is 5.71 Å². The third-order valence-electron chi connectivity index (χ3n) is 3.71. The summed E-state index contributed by atoms with van der Waals surface area (Å²) < 4.78 is 11.5. The Balaban J connectivity index is 1.68. The highest BCUT2D eigenvalue weighted by Crippen LogP contribution is 2.22. The van der Waals surface area contributed by atoms with E-state index >= 15 is 0 Å². The first-order chi connectivity index (χ1) is 11.9. The average Bonchev–Trinajstić information content (AvgIpc) is 2.93. The summed E-state index contributed by atoms with van der Waals surface area (Å²) in [6.45, 7) is 6.22. The molecule has 0 aliphatic heterocycles. The van der Waals surface area contributed by atoms with E-state index in [0.29, 0.717) is 35.3 Å². The van der Waals surface area contributed by atoms with E-state index in [0.717, 1.165) is 11.4 Å². The van der Waals surface area contributed by atoms with Crippen LogP contribution in [0.5, 0.6) is 5.75 Å². The van der Waals surface area contributed by atoms with Crippen LogP contribution >= 0.6 is 0 Å². The molecule has 132 valence electrons. The fourth-order valence-electron chi connectivity index (χ4n) is 2.51. The Kier molecular flexibility index (Phi) is 4.74. The largest absolute Gasteiger partial charge is 0.489 e. The molecule has 0 fully saturated rings. The van der Waals surface area contributed by atoms with E-state index in [9.17, 15) is 0 Å². The van der Waals surface area contributed by atoms with Crippen LogP contribution in [0.3, 0.4) is 0 Å². The molecule has 2 aromatic heterocycles. The highest BCUT2D eigenvalue weighted by atomic mass is 16.5. The molecule has 0 bridgehead atoms. The number of benzene rings is 1. The molecule has 3 aromatic rings. The molecule has 1 atom stereocenters. The van der Waals surface area contributed by atoms with E-state index in [2.05, 4.69) is 20.3 Å². The minimum Gasteiger partial charge on any atom is -0.489 e. The quantitative estimate of drug-likeness (QED) is 0.738. The third-order valence-corrected chi connectivity index (χ3v) is 3.71. The van der Waals surface area contributed by atoms with Crippen LogP contribution in [-0.4, -0.2) is 41.7 Å². The Bertz CT molecular complexity index is 875. The van der Waals surface area contributed by atoms with Gasteiger partial charge in [-0.05, 0) is 26.0 Å². The van der Waals surface area contributed by atoms with Gasteiger partial charge in [0.2, 0.25) is 0 Å². The van der Waals surface area contributed by atoms with Gasteiger partial charge in [-0.25, -0.2) is 9.97 Å². The maximum atomic E-state index is 6.00. The highest BCUT2D eigenvalue weighted by Gasteiger charge is 2.13. The summed E-state index contributed by atoms with van der Waals surface area (Å²) in [4.78, 5) is 15.1. The number of hydrogen-bond acceptors (Lipinski definition) is 7. The van der Waals surface area contributed by atoms with Gasteiger partial charge in [-0.15, -0.1) is 0 Å². The minimum atomic E-state index is -0.0456. The fraction of sp³-hybridized carbons (Fsp3) is 0.389. The Hall–Kier alpha value is -2.83. The zero-order valence-corrected chi connectivity index (χ0v) is 15.2. The van der Waals surface area contributed by atoms with E-state index in [1.807, 2.05) is 57.1 Å². The highest BCUT2D eigenvalue weighted by molar-refractivity contribution is 5.81. The summed E-state index contributed by atoms with van der Waals surface area (Å²) in [6.07, 6.45) is -0.0456. The van der Waals surface area contributed by atoms with Crippen LogP contribution < -0.4 is 15.0 Å². The van der Waals surface area contributed by atoms with Crippen LogP contribution in [0.25, 0.3) is 11.2 Å². The first-order valence-corrected chi connectivity index (χ1v) is 8.22. The van der Waals surface area contributed by atoms with E-state index in [1.165, 1.54) is 0 Å². The Morgan fingerprint density at radius 2 is 2.00 bits per heavy atom. The lowest BCUT2D eigenvalue weighted by Crippen LogP contribution is -2.23. The van der Waals surface area contributed by atoms with E-state index in [1.54, 1.807) is 6.92 Å². The van der Waals surface area contributed by atoms with E-state index < -0.39 is 0 Å². The fourth-order valence-corrected chi connectivity index (χ4v) is 2.51. The Morgan fingerprint density at radius 1 is 1.20 bits per heavy atom. The molecule has 25 heavy (non-hydrogen) atoms. The molecule has 0 saturated heterocycles. The second kappa shape index (κ2) is 6.96.